The number of hydrogen-bond donors (Lipinski definition) is 1. The number of sulfonamides is 1. The van der Waals surface area contributed by atoms with Crippen LogP contribution in [-0.4, -0.2) is 21.5 Å². The molecule has 0 atom stereocenters. The smallest absolute Gasteiger partial charge is 0.339 e. The van der Waals surface area contributed by atoms with Gasteiger partial charge in [-0.15, -0.1) is 0 Å². The molecule has 22 heavy (non-hydrogen) atoms. The van der Waals surface area contributed by atoms with Crippen molar-refractivity contribution in [2.45, 2.75) is 4.90 Å². The largest absolute Gasteiger partial charge is 0.465 e. The Balaban J connectivity index is 2.46. The number of methoxy groups -OCH3 is 1. The van der Waals surface area contributed by atoms with E-state index in [1.807, 2.05) is 0 Å². The summed E-state index contributed by atoms with van der Waals surface area (Å²) >= 11 is 11.8. The third kappa shape index (κ3) is 3.35. The highest BCUT2D eigenvalue weighted by Crippen LogP contribution is 2.30. The number of halogens is 2. The Morgan fingerprint density at radius 1 is 1.09 bits per heavy atom. The van der Waals surface area contributed by atoms with Crippen LogP contribution in [0.15, 0.2) is 47.4 Å². The van der Waals surface area contributed by atoms with Crippen LogP contribution in [0.2, 0.25) is 10.0 Å². The minimum absolute atomic E-state index is 0.0883. The first kappa shape index (κ1) is 16.6. The van der Waals surface area contributed by atoms with E-state index in [1.54, 1.807) is 12.1 Å². The number of carbonyl (C=O) groups is 1. The predicted molar refractivity (Wildman–Crippen MR) is 85.1 cm³/mol. The highest BCUT2D eigenvalue weighted by atomic mass is 35.5. The summed E-state index contributed by atoms with van der Waals surface area (Å²) in [5, 5.41) is 0.0259. The van der Waals surface area contributed by atoms with E-state index in [1.165, 1.54) is 37.4 Å². The number of hydrogen-bond acceptors (Lipinski definition) is 4. The van der Waals surface area contributed by atoms with Gasteiger partial charge in [-0.05, 0) is 24.3 Å². The summed E-state index contributed by atoms with van der Waals surface area (Å²) in [6.45, 7) is 0. The first-order chi connectivity index (χ1) is 10.4. The Kier molecular flexibility index (Phi) is 4.95. The number of ether oxygens (including phenoxy) is 1. The van der Waals surface area contributed by atoms with Crippen LogP contribution in [0, 0.1) is 0 Å². The van der Waals surface area contributed by atoms with Gasteiger partial charge < -0.3 is 4.74 Å². The fraction of sp³-hybridized carbons (Fsp3) is 0.0714. The molecule has 0 aliphatic rings. The van der Waals surface area contributed by atoms with Gasteiger partial charge >= 0.3 is 5.97 Å². The number of anilines is 1. The van der Waals surface area contributed by atoms with E-state index in [9.17, 15) is 13.2 Å². The van der Waals surface area contributed by atoms with Crippen molar-refractivity contribution < 1.29 is 17.9 Å². The number of nitrogens with one attached hydrogen (secondary N) is 1. The monoisotopic (exact) mass is 359 g/mol. The molecule has 0 fully saturated rings. The Morgan fingerprint density at radius 3 is 2.45 bits per heavy atom. The standard InChI is InChI=1S/C14H11Cl2NO4S/c1-21-14(18)9-5-2-3-7-11(9)17-22(19,20)12-8-4-6-10(15)13(12)16/h2-8,17H,1H3. The van der Waals surface area contributed by atoms with Crippen LogP contribution in [0.25, 0.3) is 0 Å². The van der Waals surface area contributed by atoms with Gasteiger partial charge in [-0.1, -0.05) is 41.4 Å². The molecular weight excluding hydrogens is 349 g/mol. The van der Waals surface area contributed by atoms with Crippen LogP contribution in [0.1, 0.15) is 10.4 Å². The van der Waals surface area contributed by atoms with E-state index < -0.39 is 16.0 Å². The molecule has 5 nitrogen and oxygen atoms in total. The third-order valence-electron chi connectivity index (χ3n) is 2.78. The average molecular weight is 360 g/mol. The number of benzene rings is 2. The molecule has 0 saturated heterocycles. The Hall–Kier alpha value is -1.76. The van der Waals surface area contributed by atoms with Gasteiger partial charge in [0.15, 0.2) is 0 Å². The lowest BCUT2D eigenvalue weighted by Crippen LogP contribution is -2.16. The van der Waals surface area contributed by atoms with Crippen LogP contribution >= 0.6 is 23.2 Å². The molecule has 0 amide bonds. The minimum Gasteiger partial charge on any atom is -0.465 e. The van der Waals surface area contributed by atoms with Crippen molar-refractivity contribution in [2.75, 3.05) is 11.8 Å². The average Bonchev–Trinajstić information content (AvgIpc) is 2.49. The zero-order valence-electron chi connectivity index (χ0n) is 11.3. The summed E-state index contributed by atoms with van der Waals surface area (Å²) in [4.78, 5) is 11.5. The van der Waals surface area contributed by atoms with E-state index in [4.69, 9.17) is 23.2 Å². The van der Waals surface area contributed by atoms with E-state index in [0.29, 0.717) is 0 Å². The Bertz CT molecular complexity index is 821. The van der Waals surface area contributed by atoms with Crippen molar-refractivity contribution in [1.82, 2.24) is 0 Å². The molecule has 0 spiro atoms. The molecule has 0 aliphatic carbocycles. The fourth-order valence-corrected chi connectivity index (χ4v) is 3.59. The topological polar surface area (TPSA) is 72.5 Å². The normalized spacial score (nSPS) is 11.0. The zero-order valence-corrected chi connectivity index (χ0v) is 13.7. The van der Waals surface area contributed by atoms with Crippen molar-refractivity contribution in [3.63, 3.8) is 0 Å². The molecule has 0 bridgehead atoms. The SMILES string of the molecule is COC(=O)c1ccccc1NS(=O)(=O)c1cccc(Cl)c1Cl. The van der Waals surface area contributed by atoms with Gasteiger partial charge in [0.2, 0.25) is 0 Å². The second-order valence-electron chi connectivity index (χ2n) is 4.19. The lowest BCUT2D eigenvalue weighted by atomic mass is 10.2. The highest BCUT2D eigenvalue weighted by Gasteiger charge is 2.22. The van der Waals surface area contributed by atoms with Crippen molar-refractivity contribution in [3.05, 3.63) is 58.1 Å². The molecule has 0 aromatic heterocycles. The molecule has 116 valence electrons. The summed E-state index contributed by atoms with van der Waals surface area (Å²) in [5.74, 6) is -0.657. The summed E-state index contributed by atoms with van der Waals surface area (Å²) in [6, 6.07) is 10.3. The second kappa shape index (κ2) is 6.56. The second-order valence-corrected chi connectivity index (χ2v) is 6.63. The van der Waals surface area contributed by atoms with Gasteiger partial charge in [0.1, 0.15) is 4.90 Å². The van der Waals surface area contributed by atoms with Crippen molar-refractivity contribution >= 4 is 44.9 Å². The van der Waals surface area contributed by atoms with Gasteiger partial charge in [0.05, 0.1) is 28.4 Å². The maximum absolute atomic E-state index is 12.4. The van der Waals surface area contributed by atoms with Gasteiger partial charge in [-0.2, -0.15) is 0 Å². The van der Waals surface area contributed by atoms with E-state index in [0.717, 1.165) is 0 Å². The molecule has 0 radical (unpaired) electrons. The first-order valence-electron chi connectivity index (χ1n) is 6.01. The maximum atomic E-state index is 12.4. The molecule has 0 aliphatic heterocycles. The minimum atomic E-state index is -4.00. The summed E-state index contributed by atoms with van der Waals surface area (Å²) in [6.07, 6.45) is 0. The molecule has 2 rings (SSSR count). The van der Waals surface area contributed by atoms with Crippen molar-refractivity contribution in [2.24, 2.45) is 0 Å². The lowest BCUT2D eigenvalue weighted by molar-refractivity contribution is 0.0602. The number of esters is 1. The Morgan fingerprint density at radius 2 is 1.77 bits per heavy atom. The van der Waals surface area contributed by atoms with Crippen LogP contribution in [0.4, 0.5) is 5.69 Å². The van der Waals surface area contributed by atoms with Gasteiger partial charge in [0, 0.05) is 0 Å². The lowest BCUT2D eigenvalue weighted by Gasteiger charge is -2.12. The number of para-hydroxylation sites is 1. The van der Waals surface area contributed by atoms with Crippen LogP contribution in [-0.2, 0) is 14.8 Å². The fourth-order valence-electron chi connectivity index (χ4n) is 1.75. The molecule has 2 aromatic carbocycles. The van der Waals surface area contributed by atoms with Crippen LogP contribution in [0.5, 0.6) is 0 Å². The summed E-state index contributed by atoms with van der Waals surface area (Å²) in [5.41, 5.74) is 0.178. The molecule has 0 unspecified atom stereocenters. The van der Waals surface area contributed by atoms with Crippen LogP contribution in [0.3, 0.4) is 0 Å². The Labute approximate surface area is 137 Å². The molecule has 0 saturated carbocycles. The first-order valence-corrected chi connectivity index (χ1v) is 8.25. The zero-order chi connectivity index (χ0) is 16.3. The van der Waals surface area contributed by atoms with Crippen LogP contribution < -0.4 is 4.72 Å². The number of carbonyl (C=O) groups excluding carboxylic acids is 1. The van der Waals surface area contributed by atoms with Crippen molar-refractivity contribution in [3.8, 4) is 0 Å². The molecule has 2 aromatic rings. The van der Waals surface area contributed by atoms with Crippen molar-refractivity contribution in [1.29, 1.82) is 0 Å². The maximum Gasteiger partial charge on any atom is 0.339 e. The predicted octanol–water partition coefficient (Wildman–Crippen LogP) is 3.58. The highest BCUT2D eigenvalue weighted by molar-refractivity contribution is 7.92. The van der Waals surface area contributed by atoms with E-state index in [-0.39, 0.29) is 26.2 Å². The quantitative estimate of drug-likeness (QED) is 0.846. The molecular formula is C14H11Cl2NO4S. The van der Waals surface area contributed by atoms with Gasteiger partial charge in [0.25, 0.3) is 10.0 Å². The van der Waals surface area contributed by atoms with E-state index in [2.05, 4.69) is 9.46 Å². The van der Waals surface area contributed by atoms with Gasteiger partial charge in [-0.3, -0.25) is 4.72 Å². The van der Waals surface area contributed by atoms with E-state index >= 15 is 0 Å². The molecule has 8 heteroatoms. The summed E-state index contributed by atoms with van der Waals surface area (Å²) in [7, 11) is -2.80. The third-order valence-corrected chi connectivity index (χ3v) is 5.12. The number of rotatable bonds is 4. The molecule has 0 heterocycles. The molecule has 1 N–H and O–H groups in total. The summed E-state index contributed by atoms with van der Waals surface area (Å²) < 4.78 is 31.8. The van der Waals surface area contributed by atoms with Gasteiger partial charge in [-0.25, -0.2) is 13.2 Å².